The average molecular weight is 244 g/mol. The van der Waals surface area contributed by atoms with Crippen LogP contribution >= 0.6 is 0 Å². The predicted octanol–water partition coefficient (Wildman–Crippen LogP) is 3.60. The van der Waals surface area contributed by atoms with Gasteiger partial charge < -0.3 is 10.2 Å². The van der Waals surface area contributed by atoms with Gasteiger partial charge >= 0.3 is 5.97 Å². The molecule has 3 heteroatoms. The van der Waals surface area contributed by atoms with E-state index < -0.39 is 11.4 Å². The lowest BCUT2D eigenvalue weighted by molar-refractivity contribution is -0.150. The Balaban J connectivity index is 4.50. The lowest BCUT2D eigenvalue weighted by atomic mass is 9.74. The molecule has 0 aromatic carbocycles. The molecule has 0 atom stereocenters. The molecule has 3 nitrogen and oxygen atoms in total. The zero-order valence-electron chi connectivity index (χ0n) is 11.4. The summed E-state index contributed by atoms with van der Waals surface area (Å²) < 4.78 is 0. The molecule has 2 N–H and O–H groups in total. The van der Waals surface area contributed by atoms with Gasteiger partial charge in [0.05, 0.1) is 5.41 Å². The molecule has 0 aromatic rings. The van der Waals surface area contributed by atoms with Gasteiger partial charge in [-0.25, -0.2) is 0 Å². The molecule has 0 aliphatic carbocycles. The monoisotopic (exact) mass is 244 g/mol. The van der Waals surface area contributed by atoms with Crippen molar-refractivity contribution < 1.29 is 15.0 Å². The molecular weight excluding hydrogens is 216 g/mol. The van der Waals surface area contributed by atoms with Crippen LogP contribution in [0.25, 0.3) is 0 Å². The highest BCUT2D eigenvalue weighted by atomic mass is 16.4. The Labute approximate surface area is 105 Å². The number of hydrogen-bond acceptors (Lipinski definition) is 2. The standard InChI is InChI=1S/C14H28O3/c1-3-5-9-14(13(16)17,10-6-4-2)11-7-8-12-15/h15H,3-12H2,1-2H3,(H,16,17). The van der Waals surface area contributed by atoms with E-state index in [0.29, 0.717) is 12.8 Å². The molecule has 0 aromatic heterocycles. The molecular formula is C14H28O3. The van der Waals surface area contributed by atoms with Crippen LogP contribution in [0.15, 0.2) is 0 Å². The van der Waals surface area contributed by atoms with Gasteiger partial charge in [-0.3, -0.25) is 4.79 Å². The quantitative estimate of drug-likeness (QED) is 0.546. The maximum atomic E-state index is 11.6. The summed E-state index contributed by atoms with van der Waals surface area (Å²) in [5, 5.41) is 18.3. The second-order valence-corrected chi connectivity index (χ2v) is 4.97. The highest BCUT2D eigenvalue weighted by Gasteiger charge is 2.36. The minimum Gasteiger partial charge on any atom is -0.481 e. The molecule has 0 rings (SSSR count). The Bertz CT molecular complexity index is 194. The lowest BCUT2D eigenvalue weighted by Gasteiger charge is -2.29. The van der Waals surface area contributed by atoms with Crippen LogP contribution < -0.4 is 0 Å². The van der Waals surface area contributed by atoms with Crippen LogP contribution in [0.3, 0.4) is 0 Å². The van der Waals surface area contributed by atoms with Crippen molar-refractivity contribution in [1.82, 2.24) is 0 Å². The predicted molar refractivity (Wildman–Crippen MR) is 70.1 cm³/mol. The van der Waals surface area contributed by atoms with Gasteiger partial charge in [-0.1, -0.05) is 46.0 Å². The molecule has 0 spiro atoms. The van der Waals surface area contributed by atoms with Crippen LogP contribution in [0.2, 0.25) is 0 Å². The number of aliphatic carboxylic acids is 1. The lowest BCUT2D eigenvalue weighted by Crippen LogP contribution is -2.31. The molecule has 0 saturated carbocycles. The second-order valence-electron chi connectivity index (χ2n) is 4.97. The van der Waals surface area contributed by atoms with E-state index in [1.54, 1.807) is 0 Å². The van der Waals surface area contributed by atoms with Crippen LogP contribution in [0.4, 0.5) is 0 Å². The molecule has 0 saturated heterocycles. The summed E-state index contributed by atoms with van der Waals surface area (Å²) in [5.74, 6) is -0.641. The molecule has 0 fully saturated rings. The summed E-state index contributed by atoms with van der Waals surface area (Å²) in [5.41, 5.74) is -0.540. The van der Waals surface area contributed by atoms with Crippen molar-refractivity contribution in [2.24, 2.45) is 5.41 Å². The van der Waals surface area contributed by atoms with Crippen molar-refractivity contribution in [2.75, 3.05) is 6.61 Å². The van der Waals surface area contributed by atoms with Crippen LogP contribution in [0.1, 0.15) is 71.6 Å². The van der Waals surface area contributed by atoms with E-state index in [2.05, 4.69) is 13.8 Å². The van der Waals surface area contributed by atoms with Gasteiger partial charge in [-0.15, -0.1) is 0 Å². The fourth-order valence-corrected chi connectivity index (χ4v) is 2.30. The minimum atomic E-state index is -0.641. The first kappa shape index (κ1) is 16.4. The SMILES string of the molecule is CCCCC(CCCC)(CCCCO)C(=O)O. The Morgan fingerprint density at radius 1 is 0.941 bits per heavy atom. The van der Waals surface area contributed by atoms with E-state index in [1.807, 2.05) is 0 Å². The molecule has 102 valence electrons. The number of carboxylic acids is 1. The largest absolute Gasteiger partial charge is 0.481 e. The number of aliphatic hydroxyl groups is 1. The van der Waals surface area contributed by atoms with Crippen molar-refractivity contribution in [3.63, 3.8) is 0 Å². The normalized spacial score (nSPS) is 11.7. The van der Waals surface area contributed by atoms with Crippen LogP contribution in [0, 0.1) is 5.41 Å². The van der Waals surface area contributed by atoms with Crippen LogP contribution in [-0.2, 0) is 4.79 Å². The Morgan fingerprint density at radius 3 is 1.76 bits per heavy atom. The molecule has 17 heavy (non-hydrogen) atoms. The first-order valence-electron chi connectivity index (χ1n) is 6.97. The number of hydrogen-bond donors (Lipinski definition) is 2. The first-order valence-corrected chi connectivity index (χ1v) is 6.97. The molecule has 0 radical (unpaired) electrons. The molecule has 0 unspecified atom stereocenters. The fraction of sp³-hybridized carbons (Fsp3) is 0.929. The van der Waals surface area contributed by atoms with Gasteiger partial charge in [0, 0.05) is 6.61 Å². The van der Waals surface area contributed by atoms with Gasteiger partial charge in [-0.05, 0) is 25.7 Å². The minimum absolute atomic E-state index is 0.164. The Hall–Kier alpha value is -0.570. The summed E-state index contributed by atoms with van der Waals surface area (Å²) in [6, 6.07) is 0. The van der Waals surface area contributed by atoms with E-state index in [-0.39, 0.29) is 6.61 Å². The van der Waals surface area contributed by atoms with Crippen molar-refractivity contribution in [2.45, 2.75) is 71.6 Å². The van der Waals surface area contributed by atoms with Crippen LogP contribution in [0.5, 0.6) is 0 Å². The van der Waals surface area contributed by atoms with Crippen molar-refractivity contribution >= 4 is 5.97 Å². The van der Waals surface area contributed by atoms with E-state index in [1.165, 1.54) is 0 Å². The van der Waals surface area contributed by atoms with Crippen molar-refractivity contribution in [3.8, 4) is 0 Å². The van der Waals surface area contributed by atoms with Gasteiger partial charge in [-0.2, -0.15) is 0 Å². The summed E-state index contributed by atoms with van der Waals surface area (Å²) in [6.45, 7) is 4.36. The van der Waals surface area contributed by atoms with Gasteiger partial charge in [0.15, 0.2) is 0 Å². The highest BCUT2D eigenvalue weighted by molar-refractivity contribution is 5.74. The van der Waals surface area contributed by atoms with Crippen molar-refractivity contribution in [3.05, 3.63) is 0 Å². The first-order chi connectivity index (χ1) is 8.13. The number of rotatable bonds is 11. The van der Waals surface area contributed by atoms with Crippen LogP contribution in [-0.4, -0.2) is 22.8 Å². The zero-order valence-corrected chi connectivity index (χ0v) is 11.4. The smallest absolute Gasteiger partial charge is 0.309 e. The molecule has 0 aliphatic rings. The topological polar surface area (TPSA) is 57.5 Å². The van der Waals surface area contributed by atoms with Gasteiger partial charge in [0.2, 0.25) is 0 Å². The number of unbranched alkanes of at least 4 members (excludes halogenated alkanes) is 3. The summed E-state index contributed by atoms with van der Waals surface area (Å²) in [7, 11) is 0. The summed E-state index contributed by atoms with van der Waals surface area (Å²) >= 11 is 0. The Kier molecular flexibility index (Phi) is 9.14. The van der Waals surface area contributed by atoms with Gasteiger partial charge in [0.1, 0.15) is 0 Å². The summed E-state index contributed by atoms with van der Waals surface area (Å²) in [6.07, 6.45) is 7.85. The maximum absolute atomic E-state index is 11.6. The van der Waals surface area contributed by atoms with E-state index >= 15 is 0 Å². The second kappa shape index (κ2) is 9.46. The molecule has 0 aliphatic heterocycles. The average Bonchev–Trinajstić information content (AvgIpc) is 2.32. The molecule has 0 heterocycles. The van der Waals surface area contributed by atoms with Crippen molar-refractivity contribution in [1.29, 1.82) is 0 Å². The summed E-state index contributed by atoms with van der Waals surface area (Å²) in [4.78, 5) is 11.6. The molecule has 0 bridgehead atoms. The van der Waals surface area contributed by atoms with Gasteiger partial charge in [0.25, 0.3) is 0 Å². The fourth-order valence-electron chi connectivity index (χ4n) is 2.30. The maximum Gasteiger partial charge on any atom is 0.309 e. The van der Waals surface area contributed by atoms with E-state index in [4.69, 9.17) is 5.11 Å². The zero-order chi connectivity index (χ0) is 13.1. The third kappa shape index (κ3) is 6.06. The highest BCUT2D eigenvalue weighted by Crippen LogP contribution is 2.36. The Morgan fingerprint density at radius 2 is 1.41 bits per heavy atom. The third-order valence-corrected chi connectivity index (χ3v) is 3.53. The number of carbonyl (C=O) groups is 1. The van der Waals surface area contributed by atoms with E-state index in [9.17, 15) is 9.90 Å². The van der Waals surface area contributed by atoms with E-state index in [0.717, 1.165) is 44.9 Å². The number of aliphatic hydroxyl groups excluding tert-OH is 1. The third-order valence-electron chi connectivity index (χ3n) is 3.53. The number of carboxylic acid groups (broad SMARTS) is 1. The molecule has 0 amide bonds.